The molecule has 0 amide bonds. The monoisotopic (exact) mass is 412 g/mol. The fraction of sp³-hybridized carbons (Fsp3) is 0.0500. The number of hydrogen-bond acceptors (Lipinski definition) is 1. The largest absolute Gasteiger partial charge is 0.478 e. The molecule has 3 aromatic rings. The van der Waals surface area contributed by atoms with Crippen molar-refractivity contribution in [2.24, 2.45) is 0 Å². The van der Waals surface area contributed by atoms with Crippen molar-refractivity contribution < 1.29 is 9.90 Å². The molecule has 2 nitrogen and oxygen atoms in total. The molecule has 23 heavy (non-hydrogen) atoms. The van der Waals surface area contributed by atoms with Crippen LogP contribution >= 0.6 is 22.6 Å². The van der Waals surface area contributed by atoms with E-state index in [2.05, 4.69) is 59.0 Å². The maximum absolute atomic E-state index is 11.6. The van der Waals surface area contributed by atoms with Gasteiger partial charge in [-0.05, 0) is 69.0 Å². The van der Waals surface area contributed by atoms with Gasteiger partial charge in [0.25, 0.3) is 0 Å². The Kier molecular flexibility index (Phi) is 3.45. The van der Waals surface area contributed by atoms with Crippen molar-refractivity contribution in [2.75, 3.05) is 0 Å². The molecule has 0 atom stereocenters. The highest BCUT2D eigenvalue weighted by Crippen LogP contribution is 2.44. The van der Waals surface area contributed by atoms with Gasteiger partial charge in [0.2, 0.25) is 0 Å². The summed E-state index contributed by atoms with van der Waals surface area (Å²) in [6.45, 7) is 0. The van der Waals surface area contributed by atoms with Gasteiger partial charge in [-0.1, -0.05) is 48.5 Å². The van der Waals surface area contributed by atoms with Crippen LogP contribution in [-0.4, -0.2) is 11.1 Å². The highest BCUT2D eigenvalue weighted by atomic mass is 127. The van der Waals surface area contributed by atoms with Crippen LogP contribution in [0.15, 0.2) is 60.7 Å². The second kappa shape index (κ2) is 5.49. The fourth-order valence-electron chi connectivity index (χ4n) is 3.36. The smallest absolute Gasteiger partial charge is 0.336 e. The molecule has 0 saturated heterocycles. The molecule has 0 aliphatic heterocycles. The van der Waals surface area contributed by atoms with Crippen molar-refractivity contribution in [1.82, 2.24) is 0 Å². The number of rotatable bonds is 2. The normalized spacial score (nSPS) is 11.9. The van der Waals surface area contributed by atoms with Gasteiger partial charge in [0.1, 0.15) is 0 Å². The maximum atomic E-state index is 11.6. The Bertz CT molecular complexity index is 944. The summed E-state index contributed by atoms with van der Waals surface area (Å²) in [5, 5.41) is 9.54. The van der Waals surface area contributed by atoms with Crippen molar-refractivity contribution in [3.05, 3.63) is 80.9 Å². The Balaban J connectivity index is 2.01. The van der Waals surface area contributed by atoms with E-state index in [1.54, 1.807) is 12.1 Å². The molecule has 4 rings (SSSR count). The first-order chi connectivity index (χ1) is 11.2. The summed E-state index contributed by atoms with van der Waals surface area (Å²) in [4.78, 5) is 11.6. The molecule has 0 radical (unpaired) electrons. The lowest BCUT2D eigenvalue weighted by atomic mass is 9.92. The zero-order chi connectivity index (χ0) is 16.0. The average molecular weight is 412 g/mol. The van der Waals surface area contributed by atoms with Gasteiger partial charge in [-0.3, -0.25) is 0 Å². The lowest BCUT2D eigenvalue weighted by molar-refractivity contribution is 0.0697. The summed E-state index contributed by atoms with van der Waals surface area (Å²) in [7, 11) is 0. The quantitative estimate of drug-likeness (QED) is 0.458. The fourth-order valence-corrected chi connectivity index (χ4v) is 4.16. The highest BCUT2D eigenvalue weighted by Gasteiger charge is 2.24. The van der Waals surface area contributed by atoms with Crippen molar-refractivity contribution in [3.8, 4) is 22.3 Å². The molecule has 0 unspecified atom stereocenters. The third-order valence-electron chi connectivity index (χ3n) is 4.36. The van der Waals surface area contributed by atoms with Crippen LogP contribution in [-0.2, 0) is 6.42 Å². The molecular formula is C20H13IO2. The van der Waals surface area contributed by atoms with E-state index < -0.39 is 5.97 Å². The molecule has 1 aliphatic rings. The summed E-state index contributed by atoms with van der Waals surface area (Å²) in [6.07, 6.45) is 0.853. The first-order valence-corrected chi connectivity index (χ1v) is 8.47. The molecule has 0 saturated carbocycles. The van der Waals surface area contributed by atoms with Gasteiger partial charge in [0.15, 0.2) is 0 Å². The molecular weight excluding hydrogens is 399 g/mol. The van der Waals surface area contributed by atoms with Crippen molar-refractivity contribution in [2.45, 2.75) is 6.42 Å². The molecule has 1 N–H and O–H groups in total. The Morgan fingerprint density at radius 3 is 2.35 bits per heavy atom. The zero-order valence-corrected chi connectivity index (χ0v) is 14.4. The number of hydrogen-bond donors (Lipinski definition) is 1. The molecule has 0 heterocycles. The Morgan fingerprint density at radius 1 is 0.870 bits per heavy atom. The van der Waals surface area contributed by atoms with E-state index in [1.807, 2.05) is 12.1 Å². The Hall–Kier alpha value is -2.14. The number of halogens is 1. The molecule has 0 aromatic heterocycles. The number of carboxylic acid groups (broad SMARTS) is 1. The minimum Gasteiger partial charge on any atom is -0.478 e. The minimum atomic E-state index is -0.885. The topological polar surface area (TPSA) is 37.3 Å². The van der Waals surface area contributed by atoms with Crippen LogP contribution in [0.25, 0.3) is 22.3 Å². The molecule has 0 spiro atoms. The standard InChI is InChI=1S/C20H13IO2/c21-18-10-9-14-13-6-2-1-5-12(13)11-17(14)19(18)15-7-3-4-8-16(15)20(22)23/h1-10H,11H2,(H,22,23). The summed E-state index contributed by atoms with van der Waals surface area (Å²) in [5.41, 5.74) is 7.22. The van der Waals surface area contributed by atoms with Crippen molar-refractivity contribution in [3.63, 3.8) is 0 Å². The van der Waals surface area contributed by atoms with E-state index in [-0.39, 0.29) is 0 Å². The lowest BCUT2D eigenvalue weighted by Crippen LogP contribution is -2.02. The third-order valence-corrected chi connectivity index (χ3v) is 5.26. The first kappa shape index (κ1) is 14.5. The Morgan fingerprint density at radius 2 is 1.57 bits per heavy atom. The third kappa shape index (κ3) is 2.27. The first-order valence-electron chi connectivity index (χ1n) is 7.39. The van der Waals surface area contributed by atoms with E-state index in [0.29, 0.717) is 5.56 Å². The van der Waals surface area contributed by atoms with Crippen LogP contribution in [0.2, 0.25) is 0 Å². The van der Waals surface area contributed by atoms with Crippen LogP contribution in [0.4, 0.5) is 0 Å². The van der Waals surface area contributed by atoms with E-state index >= 15 is 0 Å². The Labute approximate surface area is 147 Å². The van der Waals surface area contributed by atoms with Gasteiger partial charge >= 0.3 is 5.97 Å². The van der Waals surface area contributed by atoms with E-state index in [9.17, 15) is 9.90 Å². The lowest BCUT2D eigenvalue weighted by Gasteiger charge is -2.14. The van der Waals surface area contributed by atoms with Crippen molar-refractivity contribution >= 4 is 28.6 Å². The minimum absolute atomic E-state index is 0.356. The second-order valence-corrected chi connectivity index (χ2v) is 6.80. The number of benzene rings is 3. The number of aromatic carboxylic acids is 1. The van der Waals surface area contributed by atoms with Gasteiger partial charge < -0.3 is 5.11 Å². The zero-order valence-electron chi connectivity index (χ0n) is 12.2. The van der Waals surface area contributed by atoms with Crippen LogP contribution < -0.4 is 0 Å². The number of carboxylic acids is 1. The number of carbonyl (C=O) groups is 1. The van der Waals surface area contributed by atoms with Crippen LogP contribution in [0.3, 0.4) is 0 Å². The second-order valence-electron chi connectivity index (χ2n) is 5.63. The number of fused-ring (bicyclic) bond motifs is 3. The van der Waals surface area contributed by atoms with Gasteiger partial charge in [-0.15, -0.1) is 0 Å². The maximum Gasteiger partial charge on any atom is 0.336 e. The van der Waals surface area contributed by atoms with E-state index in [4.69, 9.17) is 0 Å². The molecule has 112 valence electrons. The van der Waals surface area contributed by atoms with Gasteiger partial charge in [0, 0.05) is 9.13 Å². The summed E-state index contributed by atoms with van der Waals surface area (Å²) in [6, 6.07) is 19.9. The van der Waals surface area contributed by atoms with Gasteiger partial charge in [0.05, 0.1) is 5.56 Å². The molecule has 3 heteroatoms. The SMILES string of the molecule is O=C(O)c1ccccc1-c1c(I)ccc2c1Cc1ccccc1-2. The van der Waals surface area contributed by atoms with E-state index in [0.717, 1.165) is 21.1 Å². The molecule has 3 aromatic carbocycles. The van der Waals surface area contributed by atoms with Crippen molar-refractivity contribution in [1.29, 1.82) is 0 Å². The average Bonchev–Trinajstić information content (AvgIpc) is 2.93. The summed E-state index contributed by atoms with van der Waals surface area (Å²) in [5.74, 6) is -0.885. The molecule has 0 bridgehead atoms. The molecule has 1 aliphatic carbocycles. The van der Waals surface area contributed by atoms with Crippen LogP contribution in [0.1, 0.15) is 21.5 Å². The summed E-state index contributed by atoms with van der Waals surface area (Å²) >= 11 is 2.30. The predicted molar refractivity (Wildman–Crippen MR) is 99.8 cm³/mol. The summed E-state index contributed by atoms with van der Waals surface area (Å²) < 4.78 is 1.09. The van der Waals surface area contributed by atoms with Crippen LogP contribution in [0.5, 0.6) is 0 Å². The van der Waals surface area contributed by atoms with E-state index in [1.165, 1.54) is 22.3 Å². The van der Waals surface area contributed by atoms with Gasteiger partial charge in [-0.2, -0.15) is 0 Å². The van der Waals surface area contributed by atoms with Gasteiger partial charge in [-0.25, -0.2) is 4.79 Å². The highest BCUT2D eigenvalue weighted by molar-refractivity contribution is 14.1. The molecule has 0 fully saturated rings. The predicted octanol–water partition coefficient (Wildman–Crippen LogP) is 5.23. The van der Waals surface area contributed by atoms with Crippen LogP contribution in [0, 0.1) is 3.57 Å².